The minimum absolute atomic E-state index is 0.388. The molecule has 0 N–H and O–H groups in total. The van der Waals surface area contributed by atoms with Crippen LogP contribution in [0.1, 0.15) is 22.3 Å². The molecular formula is C65H44N2. The van der Waals surface area contributed by atoms with Crippen molar-refractivity contribution in [3.8, 4) is 44.5 Å². The van der Waals surface area contributed by atoms with Crippen LogP contribution in [-0.2, 0) is 5.41 Å². The highest BCUT2D eigenvalue weighted by molar-refractivity contribution is 6.02. The van der Waals surface area contributed by atoms with Crippen LogP contribution < -0.4 is 9.80 Å². The second kappa shape index (κ2) is 15.8. The van der Waals surface area contributed by atoms with E-state index in [1.54, 1.807) is 0 Å². The molecule has 0 bridgehead atoms. The number of fused-ring (bicyclic) bond motifs is 11. The van der Waals surface area contributed by atoms with Gasteiger partial charge < -0.3 is 9.80 Å². The molecule has 0 aromatic heterocycles. The lowest BCUT2D eigenvalue weighted by Gasteiger charge is -2.30. The third-order valence-corrected chi connectivity index (χ3v) is 14.1. The fourth-order valence-electron chi connectivity index (χ4n) is 11.2. The van der Waals surface area contributed by atoms with Gasteiger partial charge in [0.2, 0.25) is 0 Å². The Bertz CT molecular complexity index is 3580. The molecule has 2 aliphatic carbocycles. The van der Waals surface area contributed by atoms with Crippen LogP contribution in [0.3, 0.4) is 0 Å². The summed E-state index contributed by atoms with van der Waals surface area (Å²) >= 11 is 0. The van der Waals surface area contributed by atoms with E-state index in [9.17, 15) is 0 Å². The van der Waals surface area contributed by atoms with E-state index in [0.717, 1.165) is 34.1 Å². The first-order valence-corrected chi connectivity index (χ1v) is 23.2. The van der Waals surface area contributed by atoms with Crippen molar-refractivity contribution < 1.29 is 0 Å². The lowest BCUT2D eigenvalue weighted by atomic mass is 9.70. The number of rotatable bonds is 8. The lowest BCUT2D eigenvalue weighted by Crippen LogP contribution is -2.25. The van der Waals surface area contributed by atoms with Crippen molar-refractivity contribution in [3.05, 3.63) is 289 Å². The number of anilines is 6. The SMILES string of the molecule is c1ccc(N(c2ccc(-c3ccccc3-c3cccc4c3-c3ccccc3C43c4ccccc4-c4ccccc43)cc2)c2ccc(N(c3ccccc3)c3ccc4ccccc4c3)cc2)cc1. The first kappa shape index (κ1) is 38.7. The zero-order chi connectivity index (χ0) is 44.3. The molecule has 11 aromatic rings. The van der Waals surface area contributed by atoms with Crippen molar-refractivity contribution >= 4 is 44.9 Å². The monoisotopic (exact) mass is 852 g/mol. The van der Waals surface area contributed by atoms with Crippen LogP contribution in [0, 0.1) is 0 Å². The van der Waals surface area contributed by atoms with Crippen molar-refractivity contribution in [3.63, 3.8) is 0 Å². The van der Waals surface area contributed by atoms with Gasteiger partial charge in [-0.2, -0.15) is 0 Å². The molecule has 2 nitrogen and oxygen atoms in total. The van der Waals surface area contributed by atoms with Crippen LogP contribution in [0.15, 0.2) is 267 Å². The molecule has 1 spiro atoms. The van der Waals surface area contributed by atoms with Crippen LogP contribution in [-0.4, -0.2) is 0 Å². The summed E-state index contributed by atoms with van der Waals surface area (Å²) < 4.78 is 0. The Morgan fingerprint density at radius 3 is 1.21 bits per heavy atom. The zero-order valence-electron chi connectivity index (χ0n) is 36.8. The van der Waals surface area contributed by atoms with E-state index in [4.69, 9.17) is 0 Å². The van der Waals surface area contributed by atoms with Crippen molar-refractivity contribution in [2.24, 2.45) is 0 Å². The third-order valence-electron chi connectivity index (χ3n) is 14.1. The van der Waals surface area contributed by atoms with Gasteiger partial charge in [-0.15, -0.1) is 0 Å². The lowest BCUT2D eigenvalue weighted by molar-refractivity contribution is 0.794. The Morgan fingerprint density at radius 2 is 0.612 bits per heavy atom. The summed E-state index contributed by atoms with van der Waals surface area (Å²) in [5.74, 6) is 0. The van der Waals surface area contributed by atoms with E-state index in [1.165, 1.54) is 77.5 Å². The second-order valence-corrected chi connectivity index (χ2v) is 17.6. The summed E-state index contributed by atoms with van der Waals surface area (Å²) in [6.45, 7) is 0. The molecule has 2 heteroatoms. The number of hydrogen-bond donors (Lipinski definition) is 0. The summed E-state index contributed by atoms with van der Waals surface area (Å²) in [5.41, 5.74) is 21.7. The summed E-state index contributed by atoms with van der Waals surface area (Å²) in [6.07, 6.45) is 0. The Balaban J connectivity index is 0.894. The van der Waals surface area contributed by atoms with Gasteiger partial charge in [0, 0.05) is 34.1 Å². The fraction of sp³-hybridized carbons (Fsp3) is 0.0154. The standard InChI is InChI=1S/C65H44N2/c1-3-20-48(21-4-1)66(51-40-42-52(43-41-51)67(49-22-5-2-6-23-49)53-39-34-45-18-7-8-19-47(45)44-53)50-37-35-46(36-38-50)54-24-9-10-25-55(54)58-29-17-33-63-64(58)59-28-13-16-32-62(59)65(63)60-30-14-11-26-56(60)57-27-12-15-31-61(57)65/h1-44H. The van der Waals surface area contributed by atoms with Crippen molar-refractivity contribution in [1.82, 2.24) is 0 Å². The number of nitrogens with zero attached hydrogens (tertiary/aromatic N) is 2. The van der Waals surface area contributed by atoms with Crippen LogP contribution in [0.5, 0.6) is 0 Å². The molecule has 0 saturated carbocycles. The van der Waals surface area contributed by atoms with Crippen LogP contribution in [0.25, 0.3) is 55.3 Å². The maximum Gasteiger partial charge on any atom is 0.0725 e. The molecule has 0 radical (unpaired) electrons. The van der Waals surface area contributed by atoms with E-state index < -0.39 is 0 Å². The van der Waals surface area contributed by atoms with Crippen LogP contribution >= 0.6 is 0 Å². The second-order valence-electron chi connectivity index (χ2n) is 17.6. The van der Waals surface area contributed by atoms with Gasteiger partial charge in [0.05, 0.1) is 5.41 Å². The van der Waals surface area contributed by atoms with Gasteiger partial charge in [-0.3, -0.25) is 0 Å². The molecule has 13 rings (SSSR count). The van der Waals surface area contributed by atoms with Gasteiger partial charge in [-0.1, -0.05) is 194 Å². The summed E-state index contributed by atoms with van der Waals surface area (Å²) in [4.78, 5) is 4.68. The first-order valence-electron chi connectivity index (χ1n) is 23.2. The minimum atomic E-state index is -0.388. The molecule has 0 heterocycles. The van der Waals surface area contributed by atoms with E-state index in [1.807, 2.05) is 0 Å². The Morgan fingerprint density at radius 1 is 0.224 bits per heavy atom. The van der Waals surface area contributed by atoms with E-state index >= 15 is 0 Å². The molecule has 0 unspecified atom stereocenters. The number of para-hydroxylation sites is 2. The Hall–Kier alpha value is -8.72. The van der Waals surface area contributed by atoms with E-state index in [2.05, 4.69) is 277 Å². The number of benzene rings is 11. The average Bonchev–Trinajstić information content (AvgIpc) is 3.88. The zero-order valence-corrected chi connectivity index (χ0v) is 36.8. The van der Waals surface area contributed by atoms with Gasteiger partial charge in [-0.05, 0) is 150 Å². The molecule has 0 atom stereocenters. The van der Waals surface area contributed by atoms with Gasteiger partial charge in [0.1, 0.15) is 0 Å². The Labute approximate surface area is 391 Å². The first-order chi connectivity index (χ1) is 33.3. The molecule has 11 aromatic carbocycles. The van der Waals surface area contributed by atoms with Gasteiger partial charge in [0.25, 0.3) is 0 Å². The van der Waals surface area contributed by atoms with E-state index in [0.29, 0.717) is 0 Å². The van der Waals surface area contributed by atoms with Gasteiger partial charge in [-0.25, -0.2) is 0 Å². The molecule has 0 amide bonds. The van der Waals surface area contributed by atoms with Gasteiger partial charge >= 0.3 is 0 Å². The molecule has 0 saturated heterocycles. The largest absolute Gasteiger partial charge is 0.311 e. The van der Waals surface area contributed by atoms with Crippen LogP contribution in [0.4, 0.5) is 34.1 Å². The topological polar surface area (TPSA) is 6.48 Å². The van der Waals surface area contributed by atoms with Crippen LogP contribution in [0.2, 0.25) is 0 Å². The van der Waals surface area contributed by atoms with Crippen molar-refractivity contribution in [2.45, 2.75) is 5.41 Å². The fourth-order valence-corrected chi connectivity index (χ4v) is 11.2. The predicted molar refractivity (Wildman–Crippen MR) is 280 cm³/mol. The van der Waals surface area contributed by atoms with Gasteiger partial charge in [0.15, 0.2) is 0 Å². The summed E-state index contributed by atoms with van der Waals surface area (Å²) in [5, 5.41) is 2.44. The van der Waals surface area contributed by atoms with E-state index in [-0.39, 0.29) is 5.41 Å². The normalized spacial score (nSPS) is 12.6. The maximum absolute atomic E-state index is 2.38. The molecule has 67 heavy (non-hydrogen) atoms. The molecular weight excluding hydrogens is 809 g/mol. The predicted octanol–water partition coefficient (Wildman–Crippen LogP) is 17.5. The highest BCUT2D eigenvalue weighted by Crippen LogP contribution is 2.64. The Kier molecular flexibility index (Phi) is 9.11. The third kappa shape index (κ3) is 6.11. The smallest absolute Gasteiger partial charge is 0.0725 e. The molecule has 314 valence electrons. The van der Waals surface area contributed by atoms with Crippen molar-refractivity contribution in [2.75, 3.05) is 9.80 Å². The quantitative estimate of drug-likeness (QED) is 0.150. The highest BCUT2D eigenvalue weighted by atomic mass is 15.2. The molecule has 0 aliphatic heterocycles. The molecule has 2 aliphatic rings. The maximum atomic E-state index is 2.38. The van der Waals surface area contributed by atoms with Crippen molar-refractivity contribution in [1.29, 1.82) is 0 Å². The number of hydrogen-bond acceptors (Lipinski definition) is 2. The molecule has 0 fully saturated rings. The highest BCUT2D eigenvalue weighted by Gasteiger charge is 2.52. The summed E-state index contributed by atoms with van der Waals surface area (Å²) in [7, 11) is 0. The average molecular weight is 853 g/mol. The minimum Gasteiger partial charge on any atom is -0.311 e. The summed E-state index contributed by atoms with van der Waals surface area (Å²) in [6, 6.07) is 97.7.